The van der Waals surface area contributed by atoms with Crippen LogP contribution in [0.4, 0.5) is 0 Å². The van der Waals surface area contributed by atoms with E-state index in [1.54, 1.807) is 0 Å². The molecule has 8 heavy (non-hydrogen) atoms. The molecular weight excluding hydrogens is 185 g/mol. The van der Waals surface area contributed by atoms with Crippen LogP contribution in [0.15, 0.2) is 0 Å². The van der Waals surface area contributed by atoms with Crippen LogP contribution in [-0.4, -0.2) is 6.16 Å². The van der Waals surface area contributed by atoms with Crippen LogP contribution in [0.2, 0.25) is 0 Å². The van der Waals surface area contributed by atoms with E-state index in [9.17, 15) is 0 Å². The van der Waals surface area contributed by atoms with Gasteiger partial charge in [0.1, 0.15) is 0 Å². The van der Waals surface area contributed by atoms with Crippen molar-refractivity contribution in [3.05, 3.63) is 0 Å². The number of unbranched alkanes of at least 4 members (excludes halogenated alkanes) is 1. The maximum absolute atomic E-state index is 5.58. The van der Waals surface area contributed by atoms with Crippen LogP contribution in [-0.2, 0) is 0 Å². The van der Waals surface area contributed by atoms with Crippen molar-refractivity contribution in [2.75, 3.05) is 6.16 Å². The summed E-state index contributed by atoms with van der Waals surface area (Å²) in [5, 5.41) is -2.26. The molecule has 0 bridgehead atoms. The molecule has 0 spiro atoms. The van der Waals surface area contributed by atoms with Gasteiger partial charge in [0.25, 0.3) is 0 Å². The van der Waals surface area contributed by atoms with Crippen molar-refractivity contribution in [2.24, 2.45) is 0 Å². The first-order valence-electron chi connectivity index (χ1n) is 2.63. The van der Waals surface area contributed by atoms with Crippen molar-refractivity contribution >= 4 is 39.0 Å². The Bertz CT molecular complexity index is 58.8. The van der Waals surface area contributed by atoms with Gasteiger partial charge >= 0.3 is 65.0 Å². The molecule has 0 heterocycles. The van der Waals surface area contributed by atoms with E-state index in [4.69, 9.17) is 33.7 Å². The Morgan fingerprint density at radius 1 is 1.25 bits per heavy atom. The molecule has 4 heteroatoms. The first-order chi connectivity index (χ1) is 3.56. The van der Waals surface area contributed by atoms with Gasteiger partial charge in [-0.1, -0.05) is 0 Å². The molecule has 0 radical (unpaired) electrons. The Hall–Kier alpha value is 1.30. The maximum atomic E-state index is 5.58. The average Bonchev–Trinajstić information content (AvgIpc) is 1.59. The summed E-state index contributed by atoms with van der Waals surface area (Å²) in [5.41, 5.74) is 0. The molecular formula is C4H10Cl3P. The second-order valence-electron chi connectivity index (χ2n) is 1.72. The summed E-state index contributed by atoms with van der Waals surface area (Å²) < 4.78 is 0. The molecule has 0 N–H and O–H groups in total. The molecule has 52 valence electrons. The monoisotopic (exact) mass is 194 g/mol. The molecule has 0 unspecified atom stereocenters. The van der Waals surface area contributed by atoms with Gasteiger partial charge in [0, 0.05) is 0 Å². The van der Waals surface area contributed by atoms with Crippen molar-refractivity contribution < 1.29 is 0 Å². The Labute approximate surface area is 65.2 Å². The third-order valence-electron chi connectivity index (χ3n) is 0.814. The fourth-order valence-electron chi connectivity index (χ4n) is 0.377. The minimum absolute atomic E-state index is 0.800. The quantitative estimate of drug-likeness (QED) is 0.597. The summed E-state index contributed by atoms with van der Waals surface area (Å²) in [7, 11) is 0. The van der Waals surface area contributed by atoms with Crippen LogP contribution < -0.4 is 0 Å². The van der Waals surface area contributed by atoms with Crippen LogP contribution in [0, 0.1) is 0 Å². The second-order valence-corrected chi connectivity index (χ2v) is 11.0. The Kier molecular flexibility index (Phi) is 4.85. The number of hydrogen-bond donors (Lipinski definition) is 0. The third kappa shape index (κ3) is 7.30. The number of halogens is 3. The zero-order valence-electron chi connectivity index (χ0n) is 4.76. The zero-order chi connectivity index (χ0) is 6.62. The zero-order valence-corrected chi connectivity index (χ0v) is 8.02. The van der Waals surface area contributed by atoms with Gasteiger partial charge in [0.2, 0.25) is 0 Å². The van der Waals surface area contributed by atoms with Crippen molar-refractivity contribution in [2.45, 2.75) is 19.8 Å². The van der Waals surface area contributed by atoms with Gasteiger partial charge in [0.05, 0.1) is 0 Å². The van der Waals surface area contributed by atoms with E-state index in [0.717, 1.165) is 19.0 Å². The van der Waals surface area contributed by atoms with E-state index in [-0.39, 0.29) is 0 Å². The summed E-state index contributed by atoms with van der Waals surface area (Å²) in [4.78, 5) is 0. The van der Waals surface area contributed by atoms with Crippen molar-refractivity contribution in [3.8, 4) is 0 Å². The van der Waals surface area contributed by atoms with Gasteiger partial charge in [-0.2, -0.15) is 0 Å². The van der Waals surface area contributed by atoms with Crippen LogP contribution in [0.1, 0.15) is 19.8 Å². The Morgan fingerprint density at radius 2 is 1.75 bits per heavy atom. The second kappa shape index (κ2) is 4.17. The van der Waals surface area contributed by atoms with E-state index < -0.39 is 5.32 Å². The fraction of sp³-hybridized carbons (Fsp3) is 1.00. The molecule has 0 aliphatic carbocycles. The van der Waals surface area contributed by atoms with Gasteiger partial charge in [-0.25, -0.2) is 0 Å². The molecule has 0 aliphatic rings. The van der Waals surface area contributed by atoms with Gasteiger partial charge in [-0.3, -0.25) is 0 Å². The van der Waals surface area contributed by atoms with Crippen LogP contribution >= 0.6 is 39.0 Å². The number of hydrogen-bond acceptors (Lipinski definition) is 0. The van der Waals surface area contributed by atoms with Crippen molar-refractivity contribution in [1.82, 2.24) is 0 Å². The molecule has 0 aliphatic heterocycles. The summed E-state index contributed by atoms with van der Waals surface area (Å²) >= 11 is 16.7. The van der Waals surface area contributed by atoms with Gasteiger partial charge in [-0.05, 0) is 0 Å². The molecule has 0 amide bonds. The molecule has 0 aromatic carbocycles. The molecule has 0 aromatic heterocycles. The Balaban J connectivity index is 3.11. The molecule has 0 saturated heterocycles. The number of rotatable bonds is 3. The van der Waals surface area contributed by atoms with E-state index in [0.29, 0.717) is 0 Å². The molecule has 0 nitrogen and oxygen atoms in total. The van der Waals surface area contributed by atoms with Crippen molar-refractivity contribution in [3.63, 3.8) is 0 Å². The topological polar surface area (TPSA) is 0 Å². The molecule has 0 saturated carbocycles. The van der Waals surface area contributed by atoms with E-state index >= 15 is 0 Å². The van der Waals surface area contributed by atoms with E-state index in [1.165, 1.54) is 0 Å². The van der Waals surface area contributed by atoms with E-state index in [2.05, 4.69) is 6.92 Å². The minimum atomic E-state index is -2.26. The average molecular weight is 195 g/mol. The first-order valence-corrected chi connectivity index (χ1v) is 7.87. The van der Waals surface area contributed by atoms with Crippen molar-refractivity contribution in [1.29, 1.82) is 0 Å². The van der Waals surface area contributed by atoms with Crippen LogP contribution in [0.5, 0.6) is 0 Å². The van der Waals surface area contributed by atoms with Gasteiger partial charge in [-0.15, -0.1) is 0 Å². The van der Waals surface area contributed by atoms with Gasteiger partial charge in [0.15, 0.2) is 0 Å². The molecule has 0 aromatic rings. The van der Waals surface area contributed by atoms with Crippen LogP contribution in [0.25, 0.3) is 0 Å². The predicted octanol–water partition coefficient (Wildman–Crippen LogP) is 4.00. The third-order valence-corrected chi connectivity index (χ3v) is 3.44. The fourth-order valence-corrected chi connectivity index (χ4v) is 2.33. The first kappa shape index (κ1) is 9.30. The molecule has 0 atom stereocenters. The van der Waals surface area contributed by atoms with Gasteiger partial charge < -0.3 is 0 Å². The normalized spacial score (nSPS) is 14.0. The summed E-state index contributed by atoms with van der Waals surface area (Å²) in [6.45, 7) is 2.09. The summed E-state index contributed by atoms with van der Waals surface area (Å²) in [6, 6.07) is 0. The molecule has 0 fully saturated rings. The molecule has 0 rings (SSSR count). The standard InChI is InChI=1S/C4H10Cl3P/c1-2-3-4-8(5,6)7/h8H,2-4H2,1H3. The summed E-state index contributed by atoms with van der Waals surface area (Å²) in [5.74, 6) is 0. The Morgan fingerprint density at radius 3 is 1.88 bits per heavy atom. The predicted molar refractivity (Wildman–Crippen MR) is 45.6 cm³/mol. The SMILES string of the molecule is CCCC[PH](Cl)(Cl)Cl. The van der Waals surface area contributed by atoms with E-state index in [1.807, 2.05) is 0 Å². The van der Waals surface area contributed by atoms with Crippen LogP contribution in [0.3, 0.4) is 0 Å². The summed E-state index contributed by atoms with van der Waals surface area (Å²) in [6.07, 6.45) is 2.96.